The van der Waals surface area contributed by atoms with Crippen LogP contribution in [0.5, 0.6) is 5.75 Å². The standard InChI is InChI=1S/C8H11NO3S.Na.H/c1-13(10,11)12-8-5-3-2-4-7(8)6-9;;/h2-5H,6,9H2,1H3;;. The van der Waals surface area contributed by atoms with Gasteiger partial charge in [-0.25, -0.2) is 0 Å². The molecule has 0 aromatic heterocycles. The van der Waals surface area contributed by atoms with Crippen LogP contribution in [0.1, 0.15) is 5.56 Å². The van der Waals surface area contributed by atoms with Crippen molar-refractivity contribution in [2.75, 3.05) is 6.26 Å². The summed E-state index contributed by atoms with van der Waals surface area (Å²) >= 11 is 0. The third-order valence-electron chi connectivity index (χ3n) is 1.43. The van der Waals surface area contributed by atoms with E-state index in [-0.39, 0.29) is 36.1 Å². The quantitative estimate of drug-likeness (QED) is 0.573. The molecule has 14 heavy (non-hydrogen) atoms. The molecule has 74 valence electrons. The van der Waals surface area contributed by atoms with Gasteiger partial charge < -0.3 is 9.92 Å². The van der Waals surface area contributed by atoms with E-state index in [4.69, 9.17) is 9.92 Å². The van der Waals surface area contributed by atoms with E-state index in [0.29, 0.717) is 11.3 Å². The predicted molar refractivity (Wildman–Crippen MR) is 57.0 cm³/mol. The van der Waals surface area contributed by atoms with E-state index in [2.05, 4.69) is 0 Å². The molecule has 1 rings (SSSR count). The molecule has 0 saturated carbocycles. The fourth-order valence-electron chi connectivity index (χ4n) is 0.917. The summed E-state index contributed by atoms with van der Waals surface area (Å²) in [7, 11) is -3.47. The van der Waals surface area contributed by atoms with E-state index in [1.165, 1.54) is 0 Å². The van der Waals surface area contributed by atoms with Gasteiger partial charge in [0.25, 0.3) is 0 Å². The summed E-state index contributed by atoms with van der Waals surface area (Å²) in [5.74, 6) is 0.299. The van der Waals surface area contributed by atoms with E-state index in [0.717, 1.165) is 6.26 Å². The average molecular weight is 225 g/mol. The zero-order valence-corrected chi connectivity index (χ0v) is 8.04. The SMILES string of the molecule is CS(=O)(=O)Oc1ccccc1CN.[NaH]. The van der Waals surface area contributed by atoms with E-state index in [9.17, 15) is 8.42 Å². The second-order valence-electron chi connectivity index (χ2n) is 2.60. The molecule has 1 aromatic rings. The Kier molecular flexibility index (Phi) is 5.70. The molecule has 0 aliphatic rings. The van der Waals surface area contributed by atoms with Crippen LogP contribution in [0, 0.1) is 0 Å². The Labute approximate surface area is 106 Å². The minimum atomic E-state index is -3.47. The van der Waals surface area contributed by atoms with Crippen molar-refractivity contribution in [1.82, 2.24) is 0 Å². The summed E-state index contributed by atoms with van der Waals surface area (Å²) in [6.45, 7) is 0.256. The van der Waals surface area contributed by atoms with Gasteiger partial charge in [-0.05, 0) is 6.07 Å². The molecule has 0 radical (unpaired) electrons. The van der Waals surface area contributed by atoms with Crippen molar-refractivity contribution in [2.24, 2.45) is 5.73 Å². The Bertz CT molecular complexity index is 391. The Morgan fingerprint density at radius 2 is 1.93 bits per heavy atom. The topological polar surface area (TPSA) is 69.4 Å². The Balaban J connectivity index is 0.00000169. The molecule has 0 aliphatic heterocycles. The number of nitrogens with two attached hydrogens (primary N) is 1. The number of benzene rings is 1. The van der Waals surface area contributed by atoms with Gasteiger partial charge in [-0.2, -0.15) is 8.42 Å². The fourth-order valence-corrected chi connectivity index (χ4v) is 1.41. The van der Waals surface area contributed by atoms with Crippen molar-refractivity contribution in [2.45, 2.75) is 6.54 Å². The fraction of sp³-hybridized carbons (Fsp3) is 0.250. The summed E-state index contributed by atoms with van der Waals surface area (Å²) < 4.78 is 26.3. The van der Waals surface area contributed by atoms with E-state index in [1.54, 1.807) is 24.3 Å². The van der Waals surface area contributed by atoms with Gasteiger partial charge >= 0.3 is 39.7 Å². The second kappa shape index (κ2) is 5.72. The van der Waals surface area contributed by atoms with Crippen LogP contribution in [0.25, 0.3) is 0 Å². The molecule has 0 fully saturated rings. The number of rotatable bonds is 3. The number of para-hydroxylation sites is 1. The summed E-state index contributed by atoms with van der Waals surface area (Å²) in [5.41, 5.74) is 6.07. The van der Waals surface area contributed by atoms with Crippen molar-refractivity contribution in [3.8, 4) is 5.75 Å². The van der Waals surface area contributed by atoms with Crippen LogP contribution in [0.4, 0.5) is 0 Å². The molecule has 2 N–H and O–H groups in total. The molecule has 0 heterocycles. The van der Waals surface area contributed by atoms with Crippen molar-refractivity contribution in [3.05, 3.63) is 29.8 Å². The van der Waals surface area contributed by atoms with Gasteiger partial charge in [0.05, 0.1) is 6.26 Å². The summed E-state index contributed by atoms with van der Waals surface area (Å²) in [4.78, 5) is 0. The third-order valence-corrected chi connectivity index (χ3v) is 1.92. The third kappa shape index (κ3) is 4.43. The zero-order chi connectivity index (χ0) is 9.90. The molecule has 0 bridgehead atoms. The van der Waals surface area contributed by atoms with Crippen LogP contribution in [0.2, 0.25) is 0 Å². The van der Waals surface area contributed by atoms with Gasteiger partial charge in [-0.1, -0.05) is 18.2 Å². The molecule has 1 aromatic carbocycles. The van der Waals surface area contributed by atoms with Crippen LogP contribution >= 0.6 is 0 Å². The molecule has 0 atom stereocenters. The monoisotopic (exact) mass is 225 g/mol. The number of hydrogen-bond acceptors (Lipinski definition) is 4. The van der Waals surface area contributed by atoms with E-state index < -0.39 is 10.1 Å². The predicted octanol–water partition coefficient (Wildman–Crippen LogP) is -0.165. The van der Waals surface area contributed by atoms with Crippen LogP contribution < -0.4 is 9.92 Å². The van der Waals surface area contributed by atoms with E-state index in [1.807, 2.05) is 0 Å². The summed E-state index contributed by atoms with van der Waals surface area (Å²) in [5, 5.41) is 0. The normalized spacial score (nSPS) is 10.4. The van der Waals surface area contributed by atoms with Gasteiger partial charge in [0, 0.05) is 12.1 Å². The maximum atomic E-state index is 10.8. The van der Waals surface area contributed by atoms with Gasteiger partial charge in [0.1, 0.15) is 5.75 Å². The van der Waals surface area contributed by atoms with Gasteiger partial charge in [0.15, 0.2) is 0 Å². The molecular weight excluding hydrogens is 213 g/mol. The number of hydrogen-bond donors (Lipinski definition) is 1. The van der Waals surface area contributed by atoms with Crippen molar-refractivity contribution >= 4 is 39.7 Å². The Hall–Kier alpha value is -0.0700. The molecule has 0 aliphatic carbocycles. The van der Waals surface area contributed by atoms with Crippen LogP contribution in [0.3, 0.4) is 0 Å². The molecular formula is C8H12NNaO3S. The molecule has 4 nitrogen and oxygen atoms in total. The minimum absolute atomic E-state index is 0. The maximum absolute atomic E-state index is 10.8. The van der Waals surface area contributed by atoms with E-state index >= 15 is 0 Å². The zero-order valence-electron chi connectivity index (χ0n) is 7.23. The first-order valence-corrected chi connectivity index (χ1v) is 5.52. The Morgan fingerprint density at radius 3 is 2.43 bits per heavy atom. The molecule has 0 saturated heterocycles. The van der Waals surface area contributed by atoms with Crippen LogP contribution in [-0.4, -0.2) is 44.2 Å². The van der Waals surface area contributed by atoms with Crippen LogP contribution in [-0.2, 0) is 16.7 Å². The first-order chi connectivity index (χ1) is 6.03. The van der Waals surface area contributed by atoms with Crippen LogP contribution in [0.15, 0.2) is 24.3 Å². The molecule has 0 unspecified atom stereocenters. The first kappa shape index (κ1) is 13.9. The van der Waals surface area contributed by atoms with Crippen molar-refractivity contribution in [3.63, 3.8) is 0 Å². The first-order valence-electron chi connectivity index (χ1n) is 3.70. The summed E-state index contributed by atoms with van der Waals surface area (Å²) in [6.07, 6.45) is 1.00. The summed E-state index contributed by atoms with van der Waals surface area (Å²) in [6, 6.07) is 6.76. The van der Waals surface area contributed by atoms with Gasteiger partial charge in [0.2, 0.25) is 0 Å². The molecule has 6 heteroatoms. The Morgan fingerprint density at radius 1 is 1.36 bits per heavy atom. The second-order valence-corrected chi connectivity index (χ2v) is 4.17. The average Bonchev–Trinajstić information content (AvgIpc) is 2.02. The van der Waals surface area contributed by atoms with Gasteiger partial charge in [-0.3, -0.25) is 0 Å². The van der Waals surface area contributed by atoms with Crippen molar-refractivity contribution in [1.29, 1.82) is 0 Å². The molecule has 0 amide bonds. The molecule has 0 spiro atoms. The van der Waals surface area contributed by atoms with Gasteiger partial charge in [-0.15, -0.1) is 0 Å². The van der Waals surface area contributed by atoms with Crippen molar-refractivity contribution < 1.29 is 12.6 Å².